The topological polar surface area (TPSA) is 185 Å². The minimum absolute atomic E-state index is 0.0126. The molecule has 3 heterocycles. The molecule has 12 nitrogen and oxygen atoms in total. The molecule has 0 bridgehead atoms. The number of aromatic nitrogens is 1. The Morgan fingerprint density at radius 3 is 2.77 bits per heavy atom. The van der Waals surface area contributed by atoms with Crippen LogP contribution in [-0.2, 0) is 24.0 Å². The van der Waals surface area contributed by atoms with Gasteiger partial charge in [0.2, 0.25) is 6.61 Å². The van der Waals surface area contributed by atoms with Gasteiger partial charge in [-0.15, -0.1) is 23.5 Å². The number of aliphatic carboxylic acids is 2. The van der Waals surface area contributed by atoms with E-state index in [2.05, 4.69) is 20.3 Å². The number of nitrogens with one attached hydrogen (secondary N) is 1. The van der Waals surface area contributed by atoms with E-state index in [1.54, 1.807) is 6.26 Å². The number of carboxylic acids is 2. The van der Waals surface area contributed by atoms with Crippen LogP contribution >= 0.6 is 23.5 Å². The monoisotopic (exact) mass is 467 g/mol. The van der Waals surface area contributed by atoms with Gasteiger partial charge in [0.05, 0.1) is 0 Å². The number of fused-ring (bicyclic) bond motifs is 1. The molecule has 0 aliphatic carbocycles. The van der Waals surface area contributed by atoms with Crippen LogP contribution in [0.5, 0.6) is 0 Å². The van der Waals surface area contributed by atoms with E-state index in [4.69, 9.17) is 10.8 Å². The van der Waals surface area contributed by atoms with Crippen LogP contribution in [0.1, 0.15) is 5.69 Å². The Morgan fingerprint density at radius 2 is 2.16 bits per heavy atom. The number of β-lactam (4-membered cyclic amide) rings is 1. The van der Waals surface area contributed by atoms with Crippen molar-refractivity contribution in [2.75, 3.05) is 24.3 Å². The van der Waals surface area contributed by atoms with Crippen LogP contribution in [0.25, 0.3) is 0 Å². The fourth-order valence-corrected chi connectivity index (χ4v) is 5.15. The number of pyridine rings is 1. The molecule has 2 atom stereocenters. The normalized spacial score (nSPS) is 20.6. The van der Waals surface area contributed by atoms with E-state index >= 15 is 0 Å². The first-order valence-corrected chi connectivity index (χ1v) is 10.9. The summed E-state index contributed by atoms with van der Waals surface area (Å²) in [6.07, 6.45) is 1.72. The highest BCUT2D eigenvalue weighted by Crippen LogP contribution is 2.42. The molecule has 1 saturated heterocycles. The molecule has 1 unspecified atom stereocenters. The van der Waals surface area contributed by atoms with Crippen LogP contribution in [0, 0.1) is 0 Å². The van der Waals surface area contributed by atoms with E-state index < -0.39 is 41.8 Å². The minimum atomic E-state index is -1.30. The van der Waals surface area contributed by atoms with Crippen molar-refractivity contribution >= 4 is 58.8 Å². The van der Waals surface area contributed by atoms with Crippen molar-refractivity contribution in [2.45, 2.75) is 11.4 Å². The van der Waals surface area contributed by atoms with Crippen molar-refractivity contribution in [1.29, 1.82) is 0 Å². The summed E-state index contributed by atoms with van der Waals surface area (Å²) in [7, 11) is 0. The first kappa shape index (κ1) is 22.4. The number of carboxylic acid groups (broad SMARTS) is 2. The number of oxime groups is 1. The molecule has 14 heteroatoms. The Kier molecular flexibility index (Phi) is 6.70. The maximum atomic E-state index is 12.8. The van der Waals surface area contributed by atoms with Crippen molar-refractivity contribution < 1.29 is 34.2 Å². The number of nitrogen functional groups attached to an aromatic ring is 1. The molecule has 1 aromatic rings. The average molecular weight is 467 g/mol. The summed E-state index contributed by atoms with van der Waals surface area (Å²) in [5, 5.41) is 23.6. The number of carbonyl (C=O) groups is 4. The number of nitrogens with zero attached hydrogens (tertiary/aromatic N) is 3. The van der Waals surface area contributed by atoms with E-state index in [9.17, 15) is 24.3 Å². The fraction of sp³-hybridized carbons (Fsp3) is 0.294. The maximum Gasteiger partial charge on any atom is 0.353 e. The smallest absolute Gasteiger partial charge is 0.353 e. The van der Waals surface area contributed by atoms with Gasteiger partial charge in [-0.2, -0.15) is 0 Å². The predicted molar refractivity (Wildman–Crippen MR) is 112 cm³/mol. The lowest BCUT2D eigenvalue weighted by Crippen LogP contribution is -2.71. The molecule has 0 radical (unpaired) electrons. The molecule has 2 amide bonds. The number of rotatable bonds is 8. The second-order valence-corrected chi connectivity index (χ2v) is 8.20. The van der Waals surface area contributed by atoms with Gasteiger partial charge in [0.1, 0.15) is 28.6 Å². The Balaban J connectivity index is 1.81. The van der Waals surface area contributed by atoms with Crippen molar-refractivity contribution in [3.05, 3.63) is 34.5 Å². The minimum Gasteiger partial charge on any atom is -0.479 e. The number of nitrogens with two attached hydrogens (primary N) is 1. The van der Waals surface area contributed by atoms with E-state index in [0.717, 1.165) is 4.90 Å². The Morgan fingerprint density at radius 1 is 1.42 bits per heavy atom. The quantitative estimate of drug-likeness (QED) is 0.220. The highest BCUT2D eigenvalue weighted by atomic mass is 32.2. The summed E-state index contributed by atoms with van der Waals surface area (Å²) in [4.78, 5) is 58.1. The highest BCUT2D eigenvalue weighted by Gasteiger charge is 2.54. The third-order valence-electron chi connectivity index (χ3n) is 4.24. The zero-order chi connectivity index (χ0) is 22.7. The first-order valence-electron chi connectivity index (χ1n) is 8.65. The first-order chi connectivity index (χ1) is 14.7. The second-order valence-electron chi connectivity index (χ2n) is 6.20. The third kappa shape index (κ3) is 4.59. The van der Waals surface area contributed by atoms with E-state index in [1.165, 1.54) is 41.7 Å². The molecule has 0 aromatic carbocycles. The molecule has 1 aromatic heterocycles. The van der Waals surface area contributed by atoms with Crippen molar-refractivity contribution in [2.24, 2.45) is 5.16 Å². The van der Waals surface area contributed by atoms with Crippen LogP contribution in [0.15, 0.2) is 34.0 Å². The maximum absolute atomic E-state index is 12.8. The molecule has 0 spiro atoms. The van der Waals surface area contributed by atoms with Crippen molar-refractivity contribution in [1.82, 2.24) is 15.2 Å². The molecule has 5 N–H and O–H groups in total. The van der Waals surface area contributed by atoms with Crippen molar-refractivity contribution in [3.8, 4) is 0 Å². The summed E-state index contributed by atoms with van der Waals surface area (Å²) in [5.74, 6) is -3.49. The van der Waals surface area contributed by atoms with Gasteiger partial charge >= 0.3 is 11.9 Å². The van der Waals surface area contributed by atoms with Gasteiger partial charge in [0.25, 0.3) is 11.8 Å². The Labute approximate surface area is 183 Å². The molecule has 2 aliphatic rings. The predicted octanol–water partition coefficient (Wildman–Crippen LogP) is -0.472. The summed E-state index contributed by atoms with van der Waals surface area (Å²) < 4.78 is 0. The molecule has 164 valence electrons. The zero-order valence-corrected chi connectivity index (χ0v) is 17.6. The summed E-state index contributed by atoms with van der Waals surface area (Å²) >= 11 is 2.56. The Bertz CT molecular complexity index is 1010. The summed E-state index contributed by atoms with van der Waals surface area (Å²) in [6.45, 7) is -0.794. The van der Waals surface area contributed by atoms with Crippen LogP contribution in [-0.4, -0.2) is 79.6 Å². The molecular formula is C17H17N5O7S2. The molecule has 3 rings (SSSR count). The van der Waals surface area contributed by atoms with Crippen LogP contribution in [0.4, 0.5) is 5.82 Å². The van der Waals surface area contributed by atoms with Gasteiger partial charge in [-0.3, -0.25) is 14.5 Å². The van der Waals surface area contributed by atoms with Gasteiger partial charge in [-0.25, -0.2) is 14.6 Å². The SMILES string of the molecule is CSC1=C(C(=O)O)N2C(=O)C(NC(=O)/C(=N/OCC(=O)O)c3cccc(N)n3)[C@H]2SC1. The van der Waals surface area contributed by atoms with Gasteiger partial charge in [-0.1, -0.05) is 11.2 Å². The van der Waals surface area contributed by atoms with Gasteiger partial charge in [0.15, 0.2) is 5.71 Å². The standard InChI is InChI=1S/C17H17N5O7S2/c1-30-8-6-31-16-12(15(26)22(16)13(8)17(27)28)20-14(25)11(21-29-5-10(23)24)7-3-2-4-9(18)19-7/h2-4,12,16H,5-6H2,1H3,(H2,18,19)(H,20,25)(H,23,24)(H,27,28)/b21-11+/t12?,16-/m1/s1. The molecule has 31 heavy (non-hydrogen) atoms. The number of thioether (sulfide) groups is 2. The lowest BCUT2D eigenvalue weighted by molar-refractivity contribution is -0.150. The van der Waals surface area contributed by atoms with Crippen LogP contribution < -0.4 is 11.1 Å². The Hall–Kier alpha value is -3.26. The zero-order valence-electron chi connectivity index (χ0n) is 16.0. The lowest BCUT2D eigenvalue weighted by atomic mass is 10.0. The highest BCUT2D eigenvalue weighted by molar-refractivity contribution is 8.05. The van der Waals surface area contributed by atoms with Gasteiger partial charge < -0.3 is 26.1 Å². The van der Waals surface area contributed by atoms with Crippen LogP contribution in [0.2, 0.25) is 0 Å². The molecule has 0 saturated carbocycles. The third-order valence-corrected chi connectivity index (χ3v) is 6.53. The number of anilines is 1. The fourth-order valence-electron chi connectivity index (χ4n) is 2.90. The second kappa shape index (κ2) is 9.26. The molecular weight excluding hydrogens is 450 g/mol. The molecule has 2 aliphatic heterocycles. The lowest BCUT2D eigenvalue weighted by Gasteiger charge is -2.49. The van der Waals surface area contributed by atoms with Crippen LogP contribution in [0.3, 0.4) is 0 Å². The van der Waals surface area contributed by atoms with Gasteiger partial charge in [-0.05, 0) is 18.4 Å². The van der Waals surface area contributed by atoms with Crippen molar-refractivity contribution in [3.63, 3.8) is 0 Å². The van der Waals surface area contributed by atoms with E-state index in [0.29, 0.717) is 10.7 Å². The number of carbonyl (C=O) groups excluding carboxylic acids is 2. The largest absolute Gasteiger partial charge is 0.479 e. The van der Waals surface area contributed by atoms with Gasteiger partial charge in [0, 0.05) is 10.7 Å². The summed E-state index contributed by atoms with van der Waals surface area (Å²) in [6, 6.07) is 3.41. The number of hydrogen-bond acceptors (Lipinski definition) is 10. The number of hydrogen-bond donors (Lipinski definition) is 4. The number of amides is 2. The molecule has 1 fully saturated rings. The average Bonchev–Trinajstić information content (AvgIpc) is 2.73. The van der Waals surface area contributed by atoms with E-state index in [1.807, 2.05) is 0 Å². The van der Waals surface area contributed by atoms with E-state index in [-0.39, 0.29) is 22.9 Å². The summed E-state index contributed by atoms with van der Waals surface area (Å²) in [5.41, 5.74) is 5.17.